The summed E-state index contributed by atoms with van der Waals surface area (Å²) >= 11 is 0. The molecule has 0 aromatic heterocycles. The smallest absolute Gasteiger partial charge is 0.136 e. The van der Waals surface area contributed by atoms with Crippen LogP contribution in [0.5, 0.6) is 0 Å². The Morgan fingerprint density at radius 3 is 2.03 bits per heavy atom. The first-order valence-corrected chi connectivity index (χ1v) is 13.8. The van der Waals surface area contributed by atoms with E-state index in [1.54, 1.807) is 0 Å². The number of hydrogen-bond donors (Lipinski definition) is 0. The highest BCUT2D eigenvalue weighted by Crippen LogP contribution is 2.78. The van der Waals surface area contributed by atoms with Crippen LogP contribution in [0, 0.1) is 56.2 Å². The molecule has 0 saturated heterocycles. The molecule has 2 nitrogen and oxygen atoms in total. The number of Topliss-reactive ketones (excluding diaryl/α,β-unsaturated/α-hetero) is 1. The largest absolute Gasteiger partial charge is 0.303 e. The van der Waals surface area contributed by atoms with Gasteiger partial charge < -0.3 is 4.79 Å². The van der Waals surface area contributed by atoms with Crippen LogP contribution in [0.4, 0.5) is 0 Å². The van der Waals surface area contributed by atoms with E-state index in [-0.39, 0.29) is 22.2 Å². The van der Waals surface area contributed by atoms with E-state index >= 15 is 0 Å². The van der Waals surface area contributed by atoms with Gasteiger partial charge in [0.2, 0.25) is 0 Å². The van der Waals surface area contributed by atoms with Crippen LogP contribution < -0.4 is 0 Å². The van der Waals surface area contributed by atoms with Gasteiger partial charge in [0.15, 0.2) is 0 Å². The van der Waals surface area contributed by atoms with Gasteiger partial charge in [-0.05, 0) is 109 Å². The highest BCUT2D eigenvalue weighted by atomic mass is 16.1. The molecule has 5 rings (SSSR count). The Labute approximate surface area is 197 Å². The van der Waals surface area contributed by atoms with E-state index in [1.807, 2.05) is 0 Å². The molecule has 0 bridgehead atoms. The fraction of sp³-hybridized carbons (Fsp3) is 0.933. The molecule has 5 fully saturated rings. The van der Waals surface area contributed by atoms with Crippen molar-refractivity contribution < 1.29 is 9.59 Å². The Bertz CT molecular complexity index is 829. The Morgan fingerprint density at radius 2 is 1.34 bits per heavy atom. The first-order valence-electron chi connectivity index (χ1n) is 13.8. The van der Waals surface area contributed by atoms with Gasteiger partial charge in [0.05, 0.1) is 0 Å². The summed E-state index contributed by atoms with van der Waals surface area (Å²) in [6.07, 6.45) is 14.2. The van der Waals surface area contributed by atoms with Crippen molar-refractivity contribution in [3.63, 3.8) is 0 Å². The van der Waals surface area contributed by atoms with Crippen LogP contribution in [0.3, 0.4) is 0 Å². The van der Waals surface area contributed by atoms with Crippen LogP contribution in [0.2, 0.25) is 0 Å². The molecule has 2 heteroatoms. The summed E-state index contributed by atoms with van der Waals surface area (Å²) in [6.45, 7) is 17.4. The average Bonchev–Trinajstić information content (AvgIpc) is 2.73. The minimum atomic E-state index is -0.0769. The maximum absolute atomic E-state index is 12.7. The van der Waals surface area contributed by atoms with Crippen LogP contribution in [-0.4, -0.2) is 12.1 Å². The number of fused-ring (bicyclic) bond motifs is 7. The summed E-state index contributed by atoms with van der Waals surface area (Å²) in [6, 6.07) is 0. The molecular weight excluding hydrogens is 392 g/mol. The summed E-state index contributed by atoms with van der Waals surface area (Å²) in [5.74, 6) is 2.65. The van der Waals surface area contributed by atoms with Crippen molar-refractivity contribution in [2.45, 2.75) is 119 Å². The van der Waals surface area contributed by atoms with Crippen LogP contribution in [0.25, 0.3) is 0 Å². The quantitative estimate of drug-likeness (QED) is 0.393. The third-order valence-corrected chi connectivity index (χ3v) is 13.6. The second-order valence-electron chi connectivity index (χ2n) is 15.0. The monoisotopic (exact) mass is 440 g/mol. The summed E-state index contributed by atoms with van der Waals surface area (Å²) in [4.78, 5) is 25.4. The van der Waals surface area contributed by atoms with Crippen LogP contribution in [0.1, 0.15) is 119 Å². The second kappa shape index (κ2) is 6.72. The molecule has 0 radical (unpaired) electrons. The number of carbonyl (C=O) groups is 2. The van der Waals surface area contributed by atoms with Gasteiger partial charge in [0.25, 0.3) is 0 Å². The van der Waals surface area contributed by atoms with Crippen molar-refractivity contribution in [1.29, 1.82) is 0 Å². The van der Waals surface area contributed by atoms with Crippen molar-refractivity contribution in [2.75, 3.05) is 0 Å². The predicted molar refractivity (Wildman–Crippen MR) is 130 cm³/mol. The van der Waals surface area contributed by atoms with Crippen molar-refractivity contribution in [2.24, 2.45) is 56.2 Å². The average molecular weight is 441 g/mol. The van der Waals surface area contributed by atoms with Crippen LogP contribution in [-0.2, 0) is 9.59 Å². The molecule has 9 atom stereocenters. The molecule has 32 heavy (non-hydrogen) atoms. The molecule has 5 aliphatic carbocycles. The van der Waals surface area contributed by atoms with Gasteiger partial charge in [-0.3, -0.25) is 4.79 Å². The van der Waals surface area contributed by atoms with Gasteiger partial charge in [-0.15, -0.1) is 0 Å². The van der Waals surface area contributed by atoms with Gasteiger partial charge in [-0.2, -0.15) is 0 Å². The molecule has 0 unspecified atom stereocenters. The molecule has 0 aromatic rings. The standard InChI is InChI=1S/C30H48O2/c1-20-21(32)8-9-22-26(20,4)11-10-23-27(22,5)13-14-29(7)24-18-25(2,3)12-16-30(24,19-31)17-15-28(23,29)6/h19-20,22-24H,8-18H2,1-7H3/t20-,22-,23+,24-,26+,27-,28+,29-,30+/m0/s1. The maximum Gasteiger partial charge on any atom is 0.136 e. The number of aldehydes is 1. The van der Waals surface area contributed by atoms with E-state index in [9.17, 15) is 9.59 Å². The highest BCUT2D eigenvalue weighted by molar-refractivity contribution is 5.82. The van der Waals surface area contributed by atoms with E-state index in [4.69, 9.17) is 0 Å². The lowest BCUT2D eigenvalue weighted by Gasteiger charge is -2.74. The molecule has 0 aliphatic heterocycles. The first-order chi connectivity index (χ1) is 14.8. The summed E-state index contributed by atoms with van der Waals surface area (Å²) in [5.41, 5.74) is 1.34. The molecule has 0 spiro atoms. The van der Waals surface area contributed by atoms with E-state index in [2.05, 4.69) is 48.5 Å². The fourth-order valence-corrected chi connectivity index (χ4v) is 11.1. The number of hydrogen-bond acceptors (Lipinski definition) is 2. The van der Waals surface area contributed by atoms with Crippen molar-refractivity contribution in [1.82, 2.24) is 0 Å². The van der Waals surface area contributed by atoms with Gasteiger partial charge in [0, 0.05) is 17.8 Å². The number of ketones is 1. The van der Waals surface area contributed by atoms with Crippen molar-refractivity contribution >= 4 is 12.1 Å². The van der Waals surface area contributed by atoms with Gasteiger partial charge in [-0.25, -0.2) is 0 Å². The Kier molecular flexibility index (Phi) is 4.85. The topological polar surface area (TPSA) is 34.1 Å². The van der Waals surface area contributed by atoms with Crippen molar-refractivity contribution in [3.8, 4) is 0 Å². The third-order valence-electron chi connectivity index (χ3n) is 13.6. The normalized spacial score (nSPS) is 56.9. The van der Waals surface area contributed by atoms with Gasteiger partial charge in [0.1, 0.15) is 12.1 Å². The predicted octanol–water partition coefficient (Wildman–Crippen LogP) is 7.64. The molecule has 5 aliphatic rings. The second-order valence-corrected chi connectivity index (χ2v) is 15.0. The zero-order chi connectivity index (χ0) is 23.4. The number of carbonyl (C=O) groups excluding carboxylic acids is 2. The minimum absolute atomic E-state index is 0.0769. The maximum atomic E-state index is 12.7. The van der Waals surface area contributed by atoms with Crippen molar-refractivity contribution in [3.05, 3.63) is 0 Å². The van der Waals surface area contributed by atoms with Crippen LogP contribution >= 0.6 is 0 Å². The molecule has 5 saturated carbocycles. The molecule has 0 aromatic carbocycles. The third kappa shape index (κ3) is 2.65. The molecule has 180 valence electrons. The van der Waals surface area contributed by atoms with Crippen LogP contribution in [0.15, 0.2) is 0 Å². The Hall–Kier alpha value is -0.660. The summed E-state index contributed by atoms with van der Waals surface area (Å²) < 4.78 is 0. The fourth-order valence-electron chi connectivity index (χ4n) is 11.1. The molecule has 0 heterocycles. The summed E-state index contributed by atoms with van der Waals surface area (Å²) in [7, 11) is 0. The van der Waals surface area contributed by atoms with E-state index in [1.165, 1.54) is 51.2 Å². The minimum Gasteiger partial charge on any atom is -0.303 e. The highest BCUT2D eigenvalue weighted by Gasteiger charge is 2.71. The molecular formula is C30H48O2. The Balaban J connectivity index is 1.56. The first kappa shape index (κ1) is 23.1. The lowest BCUT2D eigenvalue weighted by atomic mass is 9.30. The van der Waals surface area contributed by atoms with E-state index in [0.717, 1.165) is 31.6 Å². The van der Waals surface area contributed by atoms with E-state index in [0.29, 0.717) is 33.9 Å². The zero-order valence-corrected chi connectivity index (χ0v) is 22.0. The molecule has 0 N–H and O–H groups in total. The van der Waals surface area contributed by atoms with E-state index < -0.39 is 0 Å². The van der Waals surface area contributed by atoms with Gasteiger partial charge in [-0.1, -0.05) is 48.5 Å². The molecule has 0 amide bonds. The zero-order valence-electron chi connectivity index (χ0n) is 22.0. The van der Waals surface area contributed by atoms with Gasteiger partial charge >= 0.3 is 0 Å². The Morgan fingerprint density at radius 1 is 0.719 bits per heavy atom. The number of rotatable bonds is 1. The lowest BCUT2D eigenvalue weighted by Crippen LogP contribution is -2.68. The summed E-state index contributed by atoms with van der Waals surface area (Å²) in [5, 5.41) is 0. The SMILES string of the molecule is C[C@H]1C(=O)CC[C@@H]2[C@]3(C)CC[C@@]4(C)[C@@H]5CC(C)(C)CC[C@]5(C=O)CC[C@]4(C)[C@@H]3CC[C@@]21C. The lowest BCUT2D eigenvalue weighted by molar-refractivity contribution is -0.253.